The highest BCUT2D eigenvalue weighted by Gasteiger charge is 2.04. The van der Waals surface area contributed by atoms with E-state index in [1.165, 1.54) is 23.9 Å². The first kappa shape index (κ1) is 16.5. The highest BCUT2D eigenvalue weighted by Crippen LogP contribution is 2.19. The Morgan fingerprint density at radius 2 is 1.83 bits per heavy atom. The molecule has 0 bridgehead atoms. The Bertz CT molecular complexity index is 836. The van der Waals surface area contributed by atoms with E-state index in [0.29, 0.717) is 18.7 Å². The summed E-state index contributed by atoms with van der Waals surface area (Å²) < 4.78 is 12.8. The number of carbonyl (C=O) groups excluding carboxylic acids is 1. The van der Waals surface area contributed by atoms with Crippen LogP contribution < -0.4 is 5.32 Å². The zero-order chi connectivity index (χ0) is 16.8. The maximum absolute atomic E-state index is 12.8. The Kier molecular flexibility index (Phi) is 5.43. The zero-order valence-electron chi connectivity index (χ0n) is 13.0. The average Bonchev–Trinajstić information content (AvgIpc) is 2.61. The van der Waals surface area contributed by atoms with E-state index in [1.54, 1.807) is 12.1 Å². The van der Waals surface area contributed by atoms with Gasteiger partial charge >= 0.3 is 0 Å². The van der Waals surface area contributed by atoms with E-state index in [0.717, 1.165) is 21.5 Å². The van der Waals surface area contributed by atoms with Crippen LogP contribution >= 0.6 is 11.8 Å². The normalized spacial score (nSPS) is 10.7. The fraction of sp³-hybridized carbons (Fsp3) is 0.158. The number of nitrogens with one attached hydrogen (secondary N) is 1. The highest BCUT2D eigenvalue weighted by atomic mass is 32.2. The number of halogens is 1. The van der Waals surface area contributed by atoms with Gasteiger partial charge in [0, 0.05) is 11.9 Å². The number of carbonyl (C=O) groups is 1. The van der Waals surface area contributed by atoms with Crippen molar-refractivity contribution in [2.24, 2.45) is 0 Å². The van der Waals surface area contributed by atoms with Gasteiger partial charge in [0.15, 0.2) is 0 Å². The summed E-state index contributed by atoms with van der Waals surface area (Å²) in [5.74, 6) is 0.0496. The largest absolute Gasteiger partial charge is 0.355 e. The molecule has 0 fully saturated rings. The summed E-state index contributed by atoms with van der Waals surface area (Å²) in [6, 6.07) is 18.2. The van der Waals surface area contributed by atoms with Crippen LogP contribution in [0.15, 0.2) is 65.7 Å². The Hall–Kier alpha value is -2.40. The monoisotopic (exact) mass is 340 g/mol. The van der Waals surface area contributed by atoms with Gasteiger partial charge in [-0.15, -0.1) is 0 Å². The Labute approximate surface area is 144 Å². The third-order valence-corrected chi connectivity index (χ3v) is 4.50. The van der Waals surface area contributed by atoms with Crippen LogP contribution in [0, 0.1) is 5.82 Å². The van der Waals surface area contributed by atoms with Gasteiger partial charge in [0.25, 0.3) is 0 Å². The molecule has 122 valence electrons. The van der Waals surface area contributed by atoms with Gasteiger partial charge < -0.3 is 5.32 Å². The molecule has 0 radical (unpaired) electrons. The van der Waals surface area contributed by atoms with Crippen molar-refractivity contribution in [2.45, 2.75) is 11.4 Å². The van der Waals surface area contributed by atoms with Gasteiger partial charge in [-0.1, -0.05) is 48.2 Å². The van der Waals surface area contributed by atoms with Crippen molar-refractivity contribution in [3.8, 4) is 0 Å². The van der Waals surface area contributed by atoms with E-state index < -0.39 is 0 Å². The first-order valence-electron chi connectivity index (χ1n) is 7.70. The molecule has 3 nitrogen and oxygen atoms in total. The summed E-state index contributed by atoms with van der Waals surface area (Å²) in [4.78, 5) is 16.4. The fourth-order valence-corrected chi connectivity index (χ4v) is 3.02. The minimum Gasteiger partial charge on any atom is -0.355 e. The second-order valence-electron chi connectivity index (χ2n) is 5.36. The van der Waals surface area contributed by atoms with Crippen molar-refractivity contribution in [1.82, 2.24) is 10.3 Å². The van der Waals surface area contributed by atoms with Crippen LogP contribution in [0.1, 0.15) is 5.56 Å². The van der Waals surface area contributed by atoms with Crippen molar-refractivity contribution in [2.75, 3.05) is 12.3 Å². The van der Waals surface area contributed by atoms with Crippen LogP contribution in [0.4, 0.5) is 4.39 Å². The number of benzene rings is 2. The van der Waals surface area contributed by atoms with Crippen LogP contribution in [0.2, 0.25) is 0 Å². The van der Waals surface area contributed by atoms with Crippen LogP contribution in [-0.2, 0) is 11.2 Å². The van der Waals surface area contributed by atoms with Crippen LogP contribution in [0.5, 0.6) is 0 Å². The van der Waals surface area contributed by atoms with Crippen molar-refractivity contribution >= 4 is 28.6 Å². The molecule has 0 spiro atoms. The third kappa shape index (κ3) is 4.55. The number of para-hydroxylation sites is 1. The predicted octanol–water partition coefficient (Wildman–Crippen LogP) is 3.82. The molecule has 2 aromatic carbocycles. The second-order valence-corrected chi connectivity index (χ2v) is 6.35. The quantitative estimate of drug-likeness (QED) is 0.694. The summed E-state index contributed by atoms with van der Waals surface area (Å²) >= 11 is 1.42. The van der Waals surface area contributed by atoms with Crippen LogP contribution in [0.3, 0.4) is 0 Å². The van der Waals surface area contributed by atoms with Gasteiger partial charge in [-0.3, -0.25) is 4.79 Å². The number of hydrogen-bond donors (Lipinski definition) is 1. The summed E-state index contributed by atoms with van der Waals surface area (Å²) in [5.41, 5.74) is 1.93. The van der Waals surface area contributed by atoms with E-state index in [1.807, 2.05) is 36.4 Å². The molecule has 1 heterocycles. The molecule has 0 saturated heterocycles. The van der Waals surface area contributed by atoms with Gasteiger partial charge in [0.05, 0.1) is 16.3 Å². The smallest absolute Gasteiger partial charge is 0.230 e. The molecule has 0 aliphatic carbocycles. The van der Waals surface area contributed by atoms with Gasteiger partial charge in [-0.25, -0.2) is 9.37 Å². The molecule has 0 unspecified atom stereocenters. The molecular formula is C19H17FN2OS. The lowest BCUT2D eigenvalue weighted by Gasteiger charge is -2.06. The summed E-state index contributed by atoms with van der Waals surface area (Å²) in [6.07, 6.45) is 0.685. The predicted molar refractivity (Wildman–Crippen MR) is 95.6 cm³/mol. The molecule has 24 heavy (non-hydrogen) atoms. The maximum Gasteiger partial charge on any atom is 0.230 e. The molecule has 5 heteroatoms. The van der Waals surface area contributed by atoms with Crippen molar-refractivity contribution in [3.63, 3.8) is 0 Å². The van der Waals surface area contributed by atoms with Crippen LogP contribution in [-0.4, -0.2) is 23.2 Å². The Balaban J connectivity index is 1.45. The summed E-state index contributed by atoms with van der Waals surface area (Å²) in [7, 11) is 0. The lowest BCUT2D eigenvalue weighted by Crippen LogP contribution is -2.27. The average molecular weight is 340 g/mol. The Morgan fingerprint density at radius 3 is 2.67 bits per heavy atom. The minimum atomic E-state index is -0.248. The number of nitrogens with zero attached hydrogens (tertiary/aromatic N) is 1. The first-order chi connectivity index (χ1) is 11.7. The van der Waals surface area contributed by atoms with Crippen LogP contribution in [0.25, 0.3) is 10.9 Å². The number of thioether (sulfide) groups is 1. The van der Waals surface area contributed by atoms with Gasteiger partial charge in [0.1, 0.15) is 5.82 Å². The molecule has 1 aromatic heterocycles. The van der Waals surface area contributed by atoms with E-state index in [-0.39, 0.29) is 11.7 Å². The number of pyridine rings is 1. The SMILES string of the molecule is O=C(CSc1ccc2ccccc2n1)NCCc1ccc(F)cc1. The van der Waals surface area contributed by atoms with E-state index in [9.17, 15) is 9.18 Å². The molecule has 3 aromatic rings. The molecule has 0 aliphatic heterocycles. The standard InChI is InChI=1S/C19H17FN2OS/c20-16-8-5-14(6-9-16)11-12-21-18(23)13-24-19-10-7-15-3-1-2-4-17(15)22-19/h1-10H,11-13H2,(H,21,23). The third-order valence-electron chi connectivity index (χ3n) is 3.57. The first-order valence-corrected chi connectivity index (χ1v) is 8.69. The van der Waals surface area contributed by atoms with Gasteiger partial charge in [-0.2, -0.15) is 0 Å². The van der Waals surface area contributed by atoms with Crippen molar-refractivity contribution in [1.29, 1.82) is 0 Å². The minimum absolute atomic E-state index is 0.0305. The number of aromatic nitrogens is 1. The number of hydrogen-bond acceptors (Lipinski definition) is 3. The summed E-state index contributed by atoms with van der Waals surface area (Å²) in [5, 5.41) is 4.80. The van der Waals surface area contributed by atoms with E-state index in [4.69, 9.17) is 0 Å². The van der Waals surface area contributed by atoms with Gasteiger partial charge in [0.2, 0.25) is 5.91 Å². The van der Waals surface area contributed by atoms with E-state index >= 15 is 0 Å². The molecule has 0 atom stereocenters. The fourth-order valence-electron chi connectivity index (χ4n) is 2.32. The molecular weight excluding hydrogens is 323 g/mol. The lowest BCUT2D eigenvalue weighted by atomic mass is 10.1. The zero-order valence-corrected chi connectivity index (χ0v) is 13.9. The molecule has 3 rings (SSSR count). The highest BCUT2D eigenvalue weighted by molar-refractivity contribution is 7.99. The van der Waals surface area contributed by atoms with Crippen molar-refractivity contribution in [3.05, 3.63) is 72.0 Å². The van der Waals surface area contributed by atoms with Gasteiger partial charge in [-0.05, 0) is 36.2 Å². The molecule has 1 N–H and O–H groups in total. The summed E-state index contributed by atoms with van der Waals surface area (Å²) in [6.45, 7) is 0.538. The molecule has 0 aliphatic rings. The molecule has 0 saturated carbocycles. The maximum atomic E-state index is 12.8. The number of rotatable bonds is 6. The van der Waals surface area contributed by atoms with Crippen molar-refractivity contribution < 1.29 is 9.18 Å². The number of amides is 1. The van der Waals surface area contributed by atoms with E-state index in [2.05, 4.69) is 10.3 Å². The molecule has 1 amide bonds. The topological polar surface area (TPSA) is 42.0 Å². The number of fused-ring (bicyclic) bond motifs is 1. The lowest BCUT2D eigenvalue weighted by molar-refractivity contribution is -0.118. The second kappa shape index (κ2) is 7.93. The Morgan fingerprint density at radius 1 is 1.04 bits per heavy atom.